The number of benzene rings is 1. The van der Waals surface area contributed by atoms with E-state index in [2.05, 4.69) is 24.2 Å². The Kier molecular flexibility index (Phi) is 6.53. The number of hydrogen-bond donors (Lipinski definition) is 1. The van der Waals surface area contributed by atoms with Crippen LogP contribution in [0.2, 0.25) is 0 Å². The van der Waals surface area contributed by atoms with Crippen molar-refractivity contribution < 1.29 is 19.1 Å². The van der Waals surface area contributed by atoms with Crippen molar-refractivity contribution in [2.75, 3.05) is 33.9 Å². The summed E-state index contributed by atoms with van der Waals surface area (Å²) in [6.45, 7) is 4.43. The molecule has 0 aromatic heterocycles. The summed E-state index contributed by atoms with van der Waals surface area (Å²) in [5.41, 5.74) is -0.165. The minimum Gasteiger partial charge on any atom is -0.497 e. The van der Waals surface area contributed by atoms with E-state index < -0.39 is 11.8 Å². The second-order valence-electron chi connectivity index (χ2n) is 9.45. The minimum absolute atomic E-state index is 0.0960. The summed E-state index contributed by atoms with van der Waals surface area (Å²) in [4.78, 5) is 31.1. The van der Waals surface area contributed by atoms with Crippen molar-refractivity contribution in [1.82, 2.24) is 15.1 Å². The molecule has 1 spiro atoms. The van der Waals surface area contributed by atoms with Crippen LogP contribution in [0.25, 0.3) is 0 Å². The van der Waals surface area contributed by atoms with Gasteiger partial charge in [0.05, 0.1) is 13.7 Å². The first-order chi connectivity index (χ1) is 14.9. The highest BCUT2D eigenvalue weighted by atomic mass is 16.5. The maximum Gasteiger partial charge on any atom is 0.257 e. The highest BCUT2D eigenvalue weighted by Gasteiger charge is 2.53. The van der Waals surface area contributed by atoms with Gasteiger partial charge in [0.15, 0.2) is 0 Å². The van der Waals surface area contributed by atoms with E-state index in [0.29, 0.717) is 17.2 Å². The lowest BCUT2D eigenvalue weighted by Crippen LogP contribution is -2.58. The van der Waals surface area contributed by atoms with Crippen molar-refractivity contribution in [3.05, 3.63) is 29.8 Å². The Morgan fingerprint density at radius 1 is 1.16 bits per heavy atom. The number of nitrogens with one attached hydrogen (secondary N) is 1. The van der Waals surface area contributed by atoms with E-state index in [1.165, 1.54) is 0 Å². The summed E-state index contributed by atoms with van der Waals surface area (Å²) < 4.78 is 11.6. The summed E-state index contributed by atoms with van der Waals surface area (Å²) in [5.74, 6) is 0.982. The van der Waals surface area contributed by atoms with E-state index in [9.17, 15) is 9.59 Å². The number of likely N-dealkylation sites (tertiary alicyclic amines) is 1. The SMILES string of the molecule is COc1cccc(C(=O)N2[C@H](C(=O)NC3CCN(C)CC3)COC23CCC(C)CC3)c1. The van der Waals surface area contributed by atoms with Gasteiger partial charge in [0.1, 0.15) is 17.5 Å². The molecule has 170 valence electrons. The molecule has 7 heteroatoms. The molecule has 1 aromatic rings. The average molecular weight is 430 g/mol. The van der Waals surface area contributed by atoms with Gasteiger partial charge in [0.25, 0.3) is 5.91 Å². The molecule has 1 N–H and O–H groups in total. The monoisotopic (exact) mass is 429 g/mol. The van der Waals surface area contributed by atoms with Crippen LogP contribution in [0.5, 0.6) is 5.75 Å². The van der Waals surface area contributed by atoms with Gasteiger partial charge in [-0.25, -0.2) is 0 Å². The van der Waals surface area contributed by atoms with Gasteiger partial charge in [-0.15, -0.1) is 0 Å². The van der Waals surface area contributed by atoms with Crippen molar-refractivity contribution in [1.29, 1.82) is 0 Å². The number of amides is 2. The predicted octanol–water partition coefficient (Wildman–Crippen LogP) is 2.65. The molecule has 2 aliphatic heterocycles. The fraction of sp³-hybridized carbons (Fsp3) is 0.667. The molecule has 0 radical (unpaired) electrons. The van der Waals surface area contributed by atoms with Crippen LogP contribution in [0.3, 0.4) is 0 Å². The quantitative estimate of drug-likeness (QED) is 0.797. The van der Waals surface area contributed by atoms with Crippen molar-refractivity contribution in [2.24, 2.45) is 5.92 Å². The van der Waals surface area contributed by atoms with Gasteiger partial charge in [0, 0.05) is 11.6 Å². The number of hydrogen-bond acceptors (Lipinski definition) is 5. The van der Waals surface area contributed by atoms with Crippen LogP contribution in [-0.2, 0) is 9.53 Å². The zero-order chi connectivity index (χ0) is 22.0. The van der Waals surface area contributed by atoms with E-state index in [4.69, 9.17) is 9.47 Å². The number of ether oxygens (including phenoxy) is 2. The van der Waals surface area contributed by atoms with Gasteiger partial charge in [-0.1, -0.05) is 13.0 Å². The van der Waals surface area contributed by atoms with Gasteiger partial charge in [0.2, 0.25) is 5.91 Å². The summed E-state index contributed by atoms with van der Waals surface area (Å²) in [6.07, 6.45) is 5.38. The predicted molar refractivity (Wildman–Crippen MR) is 118 cm³/mol. The maximum atomic E-state index is 13.7. The van der Waals surface area contributed by atoms with E-state index in [1.807, 2.05) is 12.1 Å². The van der Waals surface area contributed by atoms with Crippen LogP contribution < -0.4 is 10.1 Å². The number of nitrogens with zero attached hydrogens (tertiary/aromatic N) is 2. The van der Waals surface area contributed by atoms with Gasteiger partial charge >= 0.3 is 0 Å². The molecule has 0 unspecified atom stereocenters. The van der Waals surface area contributed by atoms with Crippen molar-refractivity contribution >= 4 is 11.8 Å². The standard InChI is InChI=1S/C24H35N3O4/c1-17-7-11-24(12-8-17)27(23(29)18-5-4-6-20(15-18)30-3)21(16-31-24)22(28)25-19-9-13-26(2)14-10-19/h4-6,15,17,19,21H,7-14,16H2,1-3H3,(H,25,28)/t17?,21-,24?/m0/s1. The minimum atomic E-state index is -0.693. The third-order valence-corrected chi connectivity index (χ3v) is 7.22. The molecular weight excluding hydrogens is 394 g/mol. The van der Waals surface area contributed by atoms with Crippen LogP contribution >= 0.6 is 0 Å². The summed E-state index contributed by atoms with van der Waals surface area (Å²) in [6, 6.07) is 6.71. The number of carbonyl (C=O) groups excluding carboxylic acids is 2. The molecule has 1 aliphatic carbocycles. The smallest absolute Gasteiger partial charge is 0.257 e. The zero-order valence-corrected chi connectivity index (χ0v) is 18.9. The van der Waals surface area contributed by atoms with Gasteiger partial charge in [-0.3, -0.25) is 14.5 Å². The molecule has 2 amide bonds. The number of carbonyl (C=O) groups is 2. The summed E-state index contributed by atoms with van der Waals surface area (Å²) in [5, 5.41) is 3.21. The molecule has 2 heterocycles. The van der Waals surface area contributed by atoms with Crippen LogP contribution in [0, 0.1) is 5.92 Å². The Balaban J connectivity index is 1.58. The largest absolute Gasteiger partial charge is 0.497 e. The first kappa shape index (κ1) is 22.1. The molecule has 3 fully saturated rings. The molecule has 7 nitrogen and oxygen atoms in total. The highest BCUT2D eigenvalue weighted by Crippen LogP contribution is 2.43. The average Bonchev–Trinajstić information content (AvgIpc) is 3.16. The molecule has 1 aromatic carbocycles. The first-order valence-electron chi connectivity index (χ1n) is 11.5. The van der Waals surface area contributed by atoms with Crippen molar-refractivity contribution in [2.45, 2.75) is 63.3 Å². The van der Waals surface area contributed by atoms with Crippen LogP contribution in [-0.4, -0.2) is 73.3 Å². The Labute approximate surface area is 185 Å². The van der Waals surface area contributed by atoms with E-state index >= 15 is 0 Å². The van der Waals surface area contributed by atoms with Crippen LogP contribution in [0.1, 0.15) is 55.8 Å². The van der Waals surface area contributed by atoms with E-state index in [1.54, 1.807) is 24.1 Å². The molecular formula is C24H35N3O4. The summed E-state index contributed by atoms with van der Waals surface area (Å²) in [7, 11) is 3.69. The molecule has 1 atom stereocenters. The Morgan fingerprint density at radius 2 is 1.87 bits per heavy atom. The molecule has 4 rings (SSSR count). The van der Waals surface area contributed by atoms with E-state index in [-0.39, 0.29) is 24.5 Å². The third-order valence-electron chi connectivity index (χ3n) is 7.22. The Bertz CT molecular complexity index is 798. The lowest BCUT2D eigenvalue weighted by molar-refractivity contribution is -0.128. The fourth-order valence-electron chi connectivity index (χ4n) is 5.13. The van der Waals surface area contributed by atoms with Gasteiger partial charge in [-0.2, -0.15) is 0 Å². The van der Waals surface area contributed by atoms with E-state index in [0.717, 1.165) is 51.6 Å². The molecule has 2 saturated heterocycles. The second-order valence-corrected chi connectivity index (χ2v) is 9.45. The Hall–Kier alpha value is -2.12. The number of methoxy groups -OCH3 is 1. The maximum absolute atomic E-state index is 13.7. The van der Waals surface area contributed by atoms with Gasteiger partial charge < -0.3 is 19.7 Å². The van der Waals surface area contributed by atoms with Crippen molar-refractivity contribution in [3.63, 3.8) is 0 Å². The first-order valence-corrected chi connectivity index (χ1v) is 11.5. The zero-order valence-electron chi connectivity index (χ0n) is 18.9. The lowest BCUT2D eigenvalue weighted by Gasteiger charge is -2.43. The molecule has 3 aliphatic rings. The summed E-state index contributed by atoms with van der Waals surface area (Å²) >= 11 is 0. The normalized spacial score (nSPS) is 29.8. The highest BCUT2D eigenvalue weighted by molar-refractivity contribution is 5.98. The molecule has 31 heavy (non-hydrogen) atoms. The van der Waals surface area contributed by atoms with Crippen LogP contribution in [0.15, 0.2) is 24.3 Å². The lowest BCUT2D eigenvalue weighted by atomic mass is 9.83. The molecule has 1 saturated carbocycles. The second kappa shape index (κ2) is 9.17. The number of rotatable bonds is 4. The van der Waals surface area contributed by atoms with Crippen LogP contribution in [0.4, 0.5) is 0 Å². The topological polar surface area (TPSA) is 71.1 Å². The Morgan fingerprint density at radius 3 is 2.55 bits per heavy atom. The van der Waals surface area contributed by atoms with Crippen molar-refractivity contribution in [3.8, 4) is 5.75 Å². The third kappa shape index (κ3) is 4.58. The van der Waals surface area contributed by atoms with Gasteiger partial charge in [-0.05, 0) is 82.8 Å². The molecule has 0 bridgehead atoms. The number of piperidine rings is 1. The fourth-order valence-corrected chi connectivity index (χ4v) is 5.13.